The molecular weight excluding hydrogens is 256 g/mol. The van der Waals surface area contributed by atoms with E-state index in [9.17, 15) is 8.42 Å². The molecule has 1 aromatic heterocycles. The fourth-order valence-corrected chi connectivity index (χ4v) is 4.07. The minimum Gasteiger partial charge on any atom is -0.322 e. The van der Waals surface area contributed by atoms with Gasteiger partial charge in [-0.3, -0.25) is 0 Å². The second kappa shape index (κ2) is 5.48. The Morgan fingerprint density at radius 2 is 2.24 bits per heavy atom. The van der Waals surface area contributed by atoms with Crippen LogP contribution in [0.25, 0.3) is 0 Å². The van der Waals surface area contributed by atoms with Crippen LogP contribution in [0.5, 0.6) is 0 Å². The molecule has 0 aromatic carbocycles. The van der Waals surface area contributed by atoms with E-state index in [1.165, 1.54) is 0 Å². The normalized spacial score (nSPS) is 23.1. The van der Waals surface area contributed by atoms with Crippen LogP contribution in [0.1, 0.15) is 17.3 Å². The Hall–Kier alpha value is -0.430. The molecule has 4 nitrogen and oxygen atoms in total. The molecule has 1 fully saturated rings. The van der Waals surface area contributed by atoms with Crippen LogP contribution in [0.15, 0.2) is 17.5 Å². The molecule has 1 aliphatic rings. The topological polar surface area (TPSA) is 63.4 Å². The van der Waals surface area contributed by atoms with Crippen LogP contribution in [0.3, 0.4) is 0 Å². The average molecular weight is 274 g/mol. The first kappa shape index (κ1) is 13.0. The zero-order chi connectivity index (χ0) is 12.3. The van der Waals surface area contributed by atoms with Crippen molar-refractivity contribution in [3.8, 4) is 0 Å². The van der Waals surface area contributed by atoms with E-state index in [1.54, 1.807) is 11.3 Å². The SMILES string of the molecule is NC(CN1CCCS(=O)(=O)CC1)c1cccs1. The van der Waals surface area contributed by atoms with Crippen molar-refractivity contribution < 1.29 is 8.42 Å². The highest BCUT2D eigenvalue weighted by molar-refractivity contribution is 7.91. The van der Waals surface area contributed by atoms with Gasteiger partial charge in [0.05, 0.1) is 17.5 Å². The Morgan fingerprint density at radius 1 is 1.41 bits per heavy atom. The first-order valence-corrected chi connectivity index (χ1v) is 8.49. The zero-order valence-electron chi connectivity index (χ0n) is 9.71. The van der Waals surface area contributed by atoms with Crippen molar-refractivity contribution in [2.24, 2.45) is 5.73 Å². The van der Waals surface area contributed by atoms with Crippen LogP contribution in [0, 0.1) is 0 Å². The summed E-state index contributed by atoms with van der Waals surface area (Å²) >= 11 is 1.65. The van der Waals surface area contributed by atoms with E-state index in [0.717, 1.165) is 24.4 Å². The number of sulfone groups is 1. The van der Waals surface area contributed by atoms with Gasteiger partial charge in [0.25, 0.3) is 0 Å². The van der Waals surface area contributed by atoms with Crippen molar-refractivity contribution in [3.05, 3.63) is 22.4 Å². The predicted molar refractivity (Wildman–Crippen MR) is 71.0 cm³/mol. The Morgan fingerprint density at radius 3 is 2.94 bits per heavy atom. The summed E-state index contributed by atoms with van der Waals surface area (Å²) in [7, 11) is -2.82. The van der Waals surface area contributed by atoms with Gasteiger partial charge in [0.2, 0.25) is 0 Å². The summed E-state index contributed by atoms with van der Waals surface area (Å²) in [5.74, 6) is 0.585. The van der Waals surface area contributed by atoms with Crippen molar-refractivity contribution in [2.45, 2.75) is 12.5 Å². The maximum absolute atomic E-state index is 11.5. The van der Waals surface area contributed by atoms with E-state index in [2.05, 4.69) is 4.90 Å². The second-order valence-electron chi connectivity index (χ2n) is 4.43. The lowest BCUT2D eigenvalue weighted by molar-refractivity contribution is 0.278. The zero-order valence-corrected chi connectivity index (χ0v) is 11.3. The molecule has 1 saturated heterocycles. The first-order chi connectivity index (χ1) is 8.07. The highest BCUT2D eigenvalue weighted by atomic mass is 32.2. The average Bonchev–Trinajstić information content (AvgIpc) is 2.73. The van der Waals surface area contributed by atoms with E-state index < -0.39 is 9.84 Å². The third kappa shape index (κ3) is 3.77. The fraction of sp³-hybridized carbons (Fsp3) is 0.636. The van der Waals surface area contributed by atoms with Crippen molar-refractivity contribution in [2.75, 3.05) is 31.1 Å². The molecule has 2 N–H and O–H groups in total. The maximum atomic E-state index is 11.5. The molecule has 2 heterocycles. The lowest BCUT2D eigenvalue weighted by atomic mass is 10.2. The molecule has 1 atom stereocenters. The molecular formula is C11H18N2O2S2. The van der Waals surface area contributed by atoms with Gasteiger partial charge >= 0.3 is 0 Å². The van der Waals surface area contributed by atoms with Crippen LogP contribution < -0.4 is 5.73 Å². The van der Waals surface area contributed by atoms with Gasteiger partial charge in [-0.1, -0.05) is 6.07 Å². The molecule has 0 radical (unpaired) electrons. The van der Waals surface area contributed by atoms with E-state index in [0.29, 0.717) is 12.3 Å². The minimum absolute atomic E-state index is 0.00389. The molecule has 6 heteroatoms. The summed E-state index contributed by atoms with van der Waals surface area (Å²) in [5, 5.41) is 2.02. The number of hydrogen-bond donors (Lipinski definition) is 1. The van der Waals surface area contributed by atoms with Crippen molar-refractivity contribution in [1.82, 2.24) is 4.90 Å². The Labute approximate surface area is 106 Å². The molecule has 0 aliphatic carbocycles. The summed E-state index contributed by atoms with van der Waals surface area (Å²) in [6.45, 7) is 2.19. The van der Waals surface area contributed by atoms with Crippen LogP contribution in [-0.4, -0.2) is 44.5 Å². The number of nitrogens with zero attached hydrogens (tertiary/aromatic N) is 1. The summed E-state index contributed by atoms with van der Waals surface area (Å²) in [6.07, 6.45) is 0.722. The van der Waals surface area contributed by atoms with Crippen LogP contribution in [0.2, 0.25) is 0 Å². The molecule has 1 aliphatic heterocycles. The number of rotatable bonds is 3. The van der Waals surface area contributed by atoms with Gasteiger partial charge in [0.1, 0.15) is 0 Å². The van der Waals surface area contributed by atoms with Crippen LogP contribution in [0.4, 0.5) is 0 Å². The lowest BCUT2D eigenvalue weighted by Crippen LogP contribution is -2.34. The molecule has 0 amide bonds. The summed E-state index contributed by atoms with van der Waals surface area (Å²) < 4.78 is 22.9. The maximum Gasteiger partial charge on any atom is 0.151 e. The molecule has 1 aromatic rings. The minimum atomic E-state index is -2.82. The van der Waals surface area contributed by atoms with E-state index >= 15 is 0 Å². The molecule has 96 valence electrons. The van der Waals surface area contributed by atoms with Gasteiger partial charge in [-0.05, 0) is 24.4 Å². The van der Waals surface area contributed by atoms with Crippen molar-refractivity contribution in [1.29, 1.82) is 0 Å². The highest BCUT2D eigenvalue weighted by Crippen LogP contribution is 2.18. The molecule has 0 spiro atoms. The smallest absolute Gasteiger partial charge is 0.151 e. The van der Waals surface area contributed by atoms with E-state index in [1.807, 2.05) is 17.5 Å². The first-order valence-electron chi connectivity index (χ1n) is 5.78. The van der Waals surface area contributed by atoms with Crippen molar-refractivity contribution >= 4 is 21.2 Å². The summed E-state index contributed by atoms with van der Waals surface area (Å²) in [4.78, 5) is 3.33. The van der Waals surface area contributed by atoms with Gasteiger partial charge in [-0.15, -0.1) is 11.3 Å². The quantitative estimate of drug-likeness (QED) is 0.888. The van der Waals surface area contributed by atoms with Gasteiger partial charge in [0.15, 0.2) is 9.84 Å². The van der Waals surface area contributed by atoms with E-state index in [4.69, 9.17) is 5.73 Å². The third-order valence-electron chi connectivity index (χ3n) is 3.01. The van der Waals surface area contributed by atoms with Gasteiger partial charge < -0.3 is 10.6 Å². The Kier molecular flexibility index (Phi) is 4.19. The van der Waals surface area contributed by atoms with Crippen LogP contribution >= 0.6 is 11.3 Å². The lowest BCUT2D eigenvalue weighted by Gasteiger charge is -2.22. The second-order valence-corrected chi connectivity index (χ2v) is 7.71. The predicted octanol–water partition coefficient (Wildman–Crippen LogP) is 0.868. The van der Waals surface area contributed by atoms with Gasteiger partial charge in [0, 0.05) is 18.0 Å². The number of hydrogen-bond acceptors (Lipinski definition) is 5. The largest absolute Gasteiger partial charge is 0.322 e. The highest BCUT2D eigenvalue weighted by Gasteiger charge is 2.20. The summed E-state index contributed by atoms with van der Waals surface area (Å²) in [5.41, 5.74) is 6.11. The molecule has 1 unspecified atom stereocenters. The van der Waals surface area contributed by atoms with E-state index in [-0.39, 0.29) is 11.8 Å². The summed E-state index contributed by atoms with van der Waals surface area (Å²) in [6, 6.07) is 4.02. The standard InChI is InChI=1S/C11H18N2O2S2/c12-10(11-3-1-6-16-11)9-13-4-2-7-17(14,15)8-5-13/h1,3,6,10H,2,4-5,7-9,12H2. The molecule has 0 bridgehead atoms. The molecule has 2 rings (SSSR count). The molecule has 0 saturated carbocycles. The van der Waals surface area contributed by atoms with Gasteiger partial charge in [-0.25, -0.2) is 8.42 Å². The number of nitrogens with two attached hydrogens (primary N) is 1. The van der Waals surface area contributed by atoms with Gasteiger partial charge in [-0.2, -0.15) is 0 Å². The fourth-order valence-electron chi connectivity index (χ4n) is 2.04. The Balaban J connectivity index is 1.91. The number of thiophene rings is 1. The third-order valence-corrected chi connectivity index (χ3v) is 5.73. The van der Waals surface area contributed by atoms with Crippen molar-refractivity contribution in [3.63, 3.8) is 0 Å². The molecule has 17 heavy (non-hydrogen) atoms. The monoisotopic (exact) mass is 274 g/mol. The van der Waals surface area contributed by atoms with Crippen LogP contribution in [-0.2, 0) is 9.84 Å². The Bertz CT molecular complexity index is 442.